The van der Waals surface area contributed by atoms with Crippen molar-refractivity contribution < 1.29 is 9.90 Å². The molecule has 0 aromatic heterocycles. The normalized spacial score (nSPS) is 21.6. The van der Waals surface area contributed by atoms with Crippen LogP contribution in [0.2, 0.25) is 0 Å². The van der Waals surface area contributed by atoms with Gasteiger partial charge in [-0.25, -0.2) is 0 Å². The van der Waals surface area contributed by atoms with Crippen molar-refractivity contribution in [3.8, 4) is 0 Å². The molecule has 2 aromatic carbocycles. The van der Waals surface area contributed by atoms with E-state index in [9.17, 15) is 9.90 Å². The van der Waals surface area contributed by atoms with Gasteiger partial charge in [-0.05, 0) is 29.3 Å². The first-order valence-electron chi connectivity index (χ1n) is 7.33. The molecular weight excluding hydrogens is 264 g/mol. The van der Waals surface area contributed by atoms with E-state index < -0.39 is 5.60 Å². The molecule has 0 bridgehead atoms. The summed E-state index contributed by atoms with van der Waals surface area (Å²) < 4.78 is 0. The summed E-state index contributed by atoms with van der Waals surface area (Å²) in [7, 11) is 0. The minimum Gasteiger partial charge on any atom is -0.387 e. The van der Waals surface area contributed by atoms with Crippen LogP contribution < -0.4 is 10.6 Å². The van der Waals surface area contributed by atoms with Crippen LogP contribution in [0.3, 0.4) is 0 Å². The Kier molecular flexibility index (Phi) is 3.90. The maximum Gasteiger partial charge on any atom is 0.224 e. The van der Waals surface area contributed by atoms with Crippen LogP contribution in [0.15, 0.2) is 42.5 Å². The zero-order chi connectivity index (χ0) is 14.7. The molecule has 3 N–H and O–H groups in total. The monoisotopic (exact) mass is 284 g/mol. The van der Waals surface area contributed by atoms with Crippen molar-refractivity contribution in [3.63, 3.8) is 0 Å². The second kappa shape index (κ2) is 5.84. The van der Waals surface area contributed by atoms with Gasteiger partial charge in [-0.1, -0.05) is 42.5 Å². The molecule has 1 atom stereocenters. The number of benzene rings is 2. The summed E-state index contributed by atoms with van der Waals surface area (Å²) >= 11 is 0. The third-order valence-electron chi connectivity index (χ3n) is 4.07. The van der Waals surface area contributed by atoms with Crippen LogP contribution in [0.1, 0.15) is 12.0 Å². The number of amides is 1. The second-order valence-electron chi connectivity index (χ2n) is 5.74. The predicted octanol–water partition coefficient (Wildman–Crippen LogP) is 1.22. The number of nitrogens with one attached hydrogen (secondary N) is 2. The van der Waals surface area contributed by atoms with Gasteiger partial charge in [0.05, 0.1) is 12.0 Å². The van der Waals surface area contributed by atoms with Gasteiger partial charge in [0, 0.05) is 13.1 Å². The van der Waals surface area contributed by atoms with E-state index in [1.54, 1.807) is 0 Å². The lowest BCUT2D eigenvalue weighted by Gasteiger charge is -2.21. The number of β-amino-alcohol motifs (C(OH)–C–C–N with tert-alkyl or cyclic N) is 1. The van der Waals surface area contributed by atoms with E-state index in [4.69, 9.17) is 0 Å². The fourth-order valence-electron chi connectivity index (χ4n) is 2.83. The molecule has 110 valence electrons. The molecule has 1 unspecified atom stereocenters. The Hall–Kier alpha value is -1.91. The van der Waals surface area contributed by atoms with Crippen molar-refractivity contribution in [2.45, 2.75) is 18.4 Å². The number of hydrogen-bond acceptors (Lipinski definition) is 3. The summed E-state index contributed by atoms with van der Waals surface area (Å²) in [6.45, 7) is 1.65. The predicted molar refractivity (Wildman–Crippen MR) is 83.1 cm³/mol. The van der Waals surface area contributed by atoms with Crippen LogP contribution >= 0.6 is 0 Å². The number of hydrogen-bond donors (Lipinski definition) is 3. The van der Waals surface area contributed by atoms with Crippen LogP contribution in [0.4, 0.5) is 0 Å². The third-order valence-corrected chi connectivity index (χ3v) is 4.07. The Balaban J connectivity index is 1.66. The molecule has 1 saturated heterocycles. The first kappa shape index (κ1) is 14.0. The molecule has 3 rings (SSSR count). The average molecular weight is 284 g/mol. The number of rotatable bonds is 4. The van der Waals surface area contributed by atoms with E-state index >= 15 is 0 Å². The SMILES string of the molecule is O=C(Cc1cccc2ccccc12)NCC1(O)CCNC1. The Morgan fingerprint density at radius 1 is 1.24 bits per heavy atom. The largest absolute Gasteiger partial charge is 0.387 e. The molecule has 21 heavy (non-hydrogen) atoms. The summed E-state index contributed by atoms with van der Waals surface area (Å²) in [6, 6.07) is 14.1. The first-order chi connectivity index (χ1) is 10.2. The Morgan fingerprint density at radius 2 is 2.05 bits per heavy atom. The van der Waals surface area contributed by atoms with E-state index in [1.165, 1.54) is 0 Å². The zero-order valence-electron chi connectivity index (χ0n) is 11.9. The highest BCUT2D eigenvalue weighted by Gasteiger charge is 2.31. The number of carbonyl (C=O) groups excluding carboxylic acids is 1. The Labute approximate surface area is 124 Å². The van der Waals surface area contributed by atoms with Crippen molar-refractivity contribution in [3.05, 3.63) is 48.0 Å². The fourth-order valence-corrected chi connectivity index (χ4v) is 2.83. The fraction of sp³-hybridized carbons (Fsp3) is 0.353. The maximum absolute atomic E-state index is 12.1. The molecule has 4 nitrogen and oxygen atoms in total. The summed E-state index contributed by atoms with van der Waals surface area (Å²) in [5.41, 5.74) is 0.219. The lowest BCUT2D eigenvalue weighted by atomic mass is 10.0. The van der Waals surface area contributed by atoms with E-state index in [-0.39, 0.29) is 5.91 Å². The molecule has 1 amide bonds. The minimum atomic E-state index is -0.797. The minimum absolute atomic E-state index is 0.0494. The van der Waals surface area contributed by atoms with Gasteiger partial charge in [0.15, 0.2) is 0 Å². The summed E-state index contributed by atoms with van der Waals surface area (Å²) in [5.74, 6) is -0.0494. The molecule has 0 spiro atoms. The van der Waals surface area contributed by atoms with Crippen molar-refractivity contribution in [1.29, 1.82) is 0 Å². The molecule has 1 aliphatic rings. The quantitative estimate of drug-likeness (QED) is 0.791. The molecule has 0 aliphatic carbocycles. The Bertz CT molecular complexity index is 643. The van der Waals surface area contributed by atoms with E-state index in [0.29, 0.717) is 25.9 Å². The maximum atomic E-state index is 12.1. The van der Waals surface area contributed by atoms with Crippen molar-refractivity contribution in [2.75, 3.05) is 19.6 Å². The van der Waals surface area contributed by atoms with Gasteiger partial charge in [0.1, 0.15) is 0 Å². The van der Waals surface area contributed by atoms with Crippen LogP contribution in [0.25, 0.3) is 10.8 Å². The molecule has 1 fully saturated rings. The van der Waals surface area contributed by atoms with Gasteiger partial charge >= 0.3 is 0 Å². The lowest BCUT2D eigenvalue weighted by Crippen LogP contribution is -2.44. The topological polar surface area (TPSA) is 61.4 Å². The van der Waals surface area contributed by atoms with Crippen molar-refractivity contribution >= 4 is 16.7 Å². The van der Waals surface area contributed by atoms with Gasteiger partial charge in [-0.3, -0.25) is 4.79 Å². The lowest BCUT2D eigenvalue weighted by molar-refractivity contribution is -0.121. The standard InChI is InChI=1S/C17H20N2O2/c20-16(19-12-17(21)8-9-18-11-17)10-14-6-3-5-13-4-1-2-7-15(13)14/h1-7,18,21H,8-12H2,(H,19,20). The van der Waals surface area contributed by atoms with Gasteiger partial charge < -0.3 is 15.7 Å². The number of carbonyl (C=O) groups is 1. The number of fused-ring (bicyclic) bond motifs is 1. The molecular formula is C17H20N2O2. The van der Waals surface area contributed by atoms with Gasteiger partial charge in [-0.15, -0.1) is 0 Å². The van der Waals surface area contributed by atoms with Crippen molar-refractivity contribution in [2.24, 2.45) is 0 Å². The van der Waals surface area contributed by atoms with E-state index in [1.807, 2.05) is 42.5 Å². The second-order valence-corrected chi connectivity index (χ2v) is 5.74. The van der Waals surface area contributed by atoms with Gasteiger partial charge in [0.2, 0.25) is 5.91 Å². The summed E-state index contributed by atoms with van der Waals surface area (Å²) in [4.78, 5) is 12.1. The van der Waals surface area contributed by atoms with Gasteiger partial charge in [0.25, 0.3) is 0 Å². The highest BCUT2D eigenvalue weighted by molar-refractivity contribution is 5.90. The summed E-state index contributed by atoms with van der Waals surface area (Å²) in [5, 5.41) is 18.4. The Morgan fingerprint density at radius 3 is 2.86 bits per heavy atom. The first-order valence-corrected chi connectivity index (χ1v) is 7.33. The molecule has 1 aliphatic heterocycles. The van der Waals surface area contributed by atoms with E-state index in [0.717, 1.165) is 22.9 Å². The molecule has 0 radical (unpaired) electrons. The van der Waals surface area contributed by atoms with Crippen LogP contribution in [0, 0.1) is 0 Å². The highest BCUT2D eigenvalue weighted by Crippen LogP contribution is 2.19. The molecule has 1 heterocycles. The summed E-state index contributed by atoms with van der Waals surface area (Å²) in [6.07, 6.45) is 1.02. The average Bonchev–Trinajstić information content (AvgIpc) is 2.93. The molecule has 0 saturated carbocycles. The smallest absolute Gasteiger partial charge is 0.224 e. The van der Waals surface area contributed by atoms with Crippen LogP contribution in [-0.4, -0.2) is 36.2 Å². The van der Waals surface area contributed by atoms with Crippen molar-refractivity contribution in [1.82, 2.24) is 10.6 Å². The van der Waals surface area contributed by atoms with Crippen LogP contribution in [0.5, 0.6) is 0 Å². The van der Waals surface area contributed by atoms with Crippen LogP contribution in [-0.2, 0) is 11.2 Å². The van der Waals surface area contributed by atoms with Gasteiger partial charge in [-0.2, -0.15) is 0 Å². The molecule has 2 aromatic rings. The van der Waals surface area contributed by atoms with E-state index in [2.05, 4.69) is 10.6 Å². The molecule has 4 heteroatoms. The third kappa shape index (κ3) is 3.23. The zero-order valence-corrected chi connectivity index (χ0v) is 11.9. The number of aliphatic hydroxyl groups is 1. The highest BCUT2D eigenvalue weighted by atomic mass is 16.3.